The molecule has 0 radical (unpaired) electrons. The molecule has 194 valence electrons. The van der Waals surface area contributed by atoms with Crippen LogP contribution in [-0.2, 0) is 21.2 Å². The maximum Gasteiger partial charge on any atom is 0.251 e. The molecule has 1 aliphatic heterocycles. The minimum absolute atomic E-state index is 0.0601. The van der Waals surface area contributed by atoms with E-state index < -0.39 is 10.0 Å². The molecule has 0 bridgehead atoms. The molecule has 7 nitrogen and oxygen atoms in total. The number of nitrogens with one attached hydrogen (secondary N) is 2. The highest BCUT2D eigenvalue weighted by atomic mass is 32.2. The number of fused-ring (bicyclic) bond motifs is 1. The Morgan fingerprint density at radius 1 is 0.973 bits per heavy atom. The summed E-state index contributed by atoms with van der Waals surface area (Å²) < 4.78 is 28.0. The molecule has 0 spiro atoms. The summed E-state index contributed by atoms with van der Waals surface area (Å²) in [5.74, 6) is -0.623. The van der Waals surface area contributed by atoms with Crippen LogP contribution in [0.4, 0.5) is 0 Å². The summed E-state index contributed by atoms with van der Waals surface area (Å²) in [6, 6.07) is 20.3. The highest BCUT2D eigenvalue weighted by molar-refractivity contribution is 7.89. The average Bonchev–Trinajstić information content (AvgIpc) is 2.90. The molecule has 1 fully saturated rings. The van der Waals surface area contributed by atoms with Gasteiger partial charge >= 0.3 is 0 Å². The number of amides is 2. The van der Waals surface area contributed by atoms with E-state index in [9.17, 15) is 18.0 Å². The first-order valence-electron chi connectivity index (χ1n) is 12.5. The molecule has 8 heteroatoms. The van der Waals surface area contributed by atoms with Crippen molar-refractivity contribution in [1.29, 1.82) is 0 Å². The molecule has 4 rings (SSSR count). The number of piperidine rings is 1. The molecule has 1 saturated heterocycles. The lowest BCUT2D eigenvalue weighted by Crippen LogP contribution is -2.55. The van der Waals surface area contributed by atoms with Crippen molar-refractivity contribution in [3.63, 3.8) is 0 Å². The van der Waals surface area contributed by atoms with E-state index >= 15 is 0 Å². The Bertz CT molecular complexity index is 1390. The van der Waals surface area contributed by atoms with Gasteiger partial charge < -0.3 is 10.6 Å². The second-order valence-electron chi connectivity index (χ2n) is 9.73. The number of nitrogens with zero attached hydrogens (tertiary/aromatic N) is 1. The van der Waals surface area contributed by atoms with E-state index in [1.165, 1.54) is 27.9 Å². The maximum atomic E-state index is 13.3. The quantitative estimate of drug-likeness (QED) is 0.443. The smallest absolute Gasteiger partial charge is 0.251 e. The molecule has 0 saturated carbocycles. The molecule has 0 aromatic heterocycles. The molecule has 2 amide bonds. The molecule has 3 aromatic rings. The van der Waals surface area contributed by atoms with Gasteiger partial charge in [-0.1, -0.05) is 62.9 Å². The van der Waals surface area contributed by atoms with E-state index in [1.807, 2.05) is 26.0 Å². The topological polar surface area (TPSA) is 95.6 Å². The molecule has 3 aromatic carbocycles. The fraction of sp³-hybridized carbons (Fsp3) is 0.310. The fourth-order valence-electron chi connectivity index (χ4n) is 4.95. The third-order valence-electron chi connectivity index (χ3n) is 6.97. The van der Waals surface area contributed by atoms with Crippen LogP contribution < -0.4 is 10.6 Å². The molecular formula is C29H33N3O4S. The van der Waals surface area contributed by atoms with E-state index in [4.69, 9.17) is 0 Å². The third kappa shape index (κ3) is 6.09. The summed E-state index contributed by atoms with van der Waals surface area (Å²) in [4.78, 5) is 24.5. The highest BCUT2D eigenvalue weighted by Crippen LogP contribution is 2.27. The van der Waals surface area contributed by atoms with Crippen LogP contribution in [0.5, 0.6) is 0 Å². The van der Waals surface area contributed by atoms with Crippen LogP contribution in [0.3, 0.4) is 0 Å². The summed E-state index contributed by atoms with van der Waals surface area (Å²) in [5, 5.41) is 8.17. The van der Waals surface area contributed by atoms with Crippen molar-refractivity contribution < 1.29 is 18.0 Å². The first kappa shape index (κ1) is 26.6. The Morgan fingerprint density at radius 3 is 2.27 bits per heavy atom. The number of rotatable bonds is 8. The Kier molecular flexibility index (Phi) is 8.10. The van der Waals surface area contributed by atoms with E-state index in [1.54, 1.807) is 12.1 Å². The van der Waals surface area contributed by atoms with Crippen molar-refractivity contribution in [2.75, 3.05) is 19.6 Å². The van der Waals surface area contributed by atoms with Crippen molar-refractivity contribution in [2.24, 2.45) is 11.8 Å². The maximum absolute atomic E-state index is 13.3. The summed E-state index contributed by atoms with van der Waals surface area (Å²) in [7, 11) is -3.73. The Balaban J connectivity index is 1.35. The van der Waals surface area contributed by atoms with E-state index in [2.05, 4.69) is 47.5 Å². The fourth-order valence-corrected chi connectivity index (χ4v) is 6.59. The summed E-state index contributed by atoms with van der Waals surface area (Å²) in [6.07, 6.45) is 1.92. The van der Waals surface area contributed by atoms with Gasteiger partial charge in [-0.25, -0.2) is 8.42 Å². The molecule has 1 aliphatic rings. The van der Waals surface area contributed by atoms with Crippen LogP contribution in [0.2, 0.25) is 0 Å². The van der Waals surface area contributed by atoms with Crippen molar-refractivity contribution in [2.45, 2.75) is 31.2 Å². The first-order valence-corrected chi connectivity index (χ1v) is 13.9. The van der Waals surface area contributed by atoms with E-state index in [-0.39, 0.29) is 34.6 Å². The van der Waals surface area contributed by atoms with Crippen LogP contribution >= 0.6 is 0 Å². The van der Waals surface area contributed by atoms with Gasteiger partial charge in [0.25, 0.3) is 5.91 Å². The largest absolute Gasteiger partial charge is 0.352 e. The second kappa shape index (κ2) is 11.3. The van der Waals surface area contributed by atoms with Gasteiger partial charge in [-0.05, 0) is 64.9 Å². The number of hydrogen-bond acceptors (Lipinski definition) is 4. The first-order chi connectivity index (χ1) is 17.7. The van der Waals surface area contributed by atoms with Gasteiger partial charge in [0.1, 0.15) is 0 Å². The van der Waals surface area contributed by atoms with Gasteiger partial charge in [-0.2, -0.15) is 4.31 Å². The summed E-state index contributed by atoms with van der Waals surface area (Å²) >= 11 is 0. The van der Waals surface area contributed by atoms with Crippen molar-refractivity contribution in [3.8, 4) is 0 Å². The predicted molar refractivity (Wildman–Crippen MR) is 146 cm³/mol. The molecule has 2 N–H and O–H groups in total. The van der Waals surface area contributed by atoms with Crippen molar-refractivity contribution >= 4 is 32.6 Å². The van der Waals surface area contributed by atoms with E-state index in [0.717, 1.165) is 10.9 Å². The minimum atomic E-state index is -3.73. The normalized spacial score (nSPS) is 20.3. The standard InChI is InChI=1S/C29H33N3O4S/c1-4-27(33)31-28-20(2)18-32(19-21(28)3)37(35,36)26-13-11-24(12-14-26)29(34)30-16-15-22-9-10-23-7-5-6-8-25(23)17-22/h4-14,17,20-21,28H,1,15-16,18-19H2,2-3H3,(H,30,34)(H,31,33). The molecular weight excluding hydrogens is 486 g/mol. The number of carbonyl (C=O) groups excluding carboxylic acids is 2. The SMILES string of the molecule is C=CC(=O)NC1C(C)CN(S(=O)(=O)c2ccc(C(=O)NCCc3ccc4ccccc4c3)cc2)CC1C. The van der Waals surface area contributed by atoms with Gasteiger partial charge in [-0.3, -0.25) is 9.59 Å². The lowest BCUT2D eigenvalue weighted by atomic mass is 9.87. The van der Waals surface area contributed by atoms with Gasteiger partial charge in [-0.15, -0.1) is 0 Å². The zero-order valence-corrected chi connectivity index (χ0v) is 22.0. The molecule has 37 heavy (non-hydrogen) atoms. The van der Waals surface area contributed by atoms with Crippen LogP contribution in [0.15, 0.2) is 84.3 Å². The summed E-state index contributed by atoms with van der Waals surface area (Å²) in [5.41, 5.74) is 1.54. The lowest BCUT2D eigenvalue weighted by Gasteiger charge is -2.40. The van der Waals surface area contributed by atoms with Crippen LogP contribution in [-0.4, -0.2) is 50.2 Å². The molecule has 2 atom stereocenters. The number of carbonyl (C=O) groups is 2. The van der Waals surface area contributed by atoms with Crippen LogP contribution in [0.1, 0.15) is 29.8 Å². The molecule has 0 aliphatic carbocycles. The Hall–Kier alpha value is -3.49. The number of benzene rings is 3. The van der Waals surface area contributed by atoms with Gasteiger partial charge in [0.2, 0.25) is 15.9 Å². The monoisotopic (exact) mass is 519 g/mol. The van der Waals surface area contributed by atoms with Crippen molar-refractivity contribution in [3.05, 3.63) is 90.5 Å². The van der Waals surface area contributed by atoms with E-state index in [0.29, 0.717) is 31.6 Å². The van der Waals surface area contributed by atoms with Crippen molar-refractivity contribution in [1.82, 2.24) is 14.9 Å². The number of hydrogen-bond donors (Lipinski definition) is 2. The average molecular weight is 520 g/mol. The highest BCUT2D eigenvalue weighted by Gasteiger charge is 2.38. The predicted octanol–water partition coefficient (Wildman–Crippen LogP) is 3.76. The molecule has 2 unspecified atom stereocenters. The van der Waals surface area contributed by atoms with Crippen LogP contribution in [0, 0.1) is 11.8 Å². The zero-order chi connectivity index (χ0) is 26.6. The van der Waals surface area contributed by atoms with Crippen LogP contribution in [0.25, 0.3) is 10.8 Å². The summed E-state index contributed by atoms with van der Waals surface area (Å²) in [6.45, 7) is 8.41. The third-order valence-corrected chi connectivity index (χ3v) is 8.82. The number of sulfonamides is 1. The lowest BCUT2D eigenvalue weighted by molar-refractivity contribution is -0.118. The zero-order valence-electron chi connectivity index (χ0n) is 21.2. The van der Waals surface area contributed by atoms with Gasteiger partial charge in [0.05, 0.1) is 4.90 Å². The Labute approximate surface area is 218 Å². The van der Waals surface area contributed by atoms with Gasteiger partial charge in [0, 0.05) is 31.2 Å². The minimum Gasteiger partial charge on any atom is -0.352 e. The van der Waals surface area contributed by atoms with Gasteiger partial charge in [0.15, 0.2) is 0 Å². The molecule has 1 heterocycles. The Morgan fingerprint density at radius 2 is 1.62 bits per heavy atom. The second-order valence-corrected chi connectivity index (χ2v) is 11.7.